The van der Waals surface area contributed by atoms with Gasteiger partial charge in [-0.05, 0) is 31.0 Å². The number of hydrogen-bond donors (Lipinski definition) is 1. The van der Waals surface area contributed by atoms with E-state index in [0.717, 1.165) is 18.7 Å². The van der Waals surface area contributed by atoms with Gasteiger partial charge in [0.25, 0.3) is 0 Å². The van der Waals surface area contributed by atoms with Crippen LogP contribution in [0.5, 0.6) is 0 Å². The molecule has 1 aliphatic rings. The molecule has 0 spiro atoms. The second kappa shape index (κ2) is 6.12. The summed E-state index contributed by atoms with van der Waals surface area (Å²) in [5, 5.41) is 9.41. The molecule has 104 valence electrons. The van der Waals surface area contributed by atoms with Gasteiger partial charge in [0.2, 0.25) is 0 Å². The average Bonchev–Trinajstić information content (AvgIpc) is 2.79. The second-order valence-corrected chi connectivity index (χ2v) is 5.02. The number of aliphatic hydroxyl groups excluding tert-OH is 1. The highest BCUT2D eigenvalue weighted by Gasteiger charge is 2.30. The summed E-state index contributed by atoms with van der Waals surface area (Å²) in [4.78, 5) is 17.8. The van der Waals surface area contributed by atoms with Crippen LogP contribution in [0.25, 0.3) is 0 Å². The molecule has 0 saturated carbocycles. The van der Waals surface area contributed by atoms with Crippen LogP contribution >= 0.6 is 0 Å². The number of ether oxygens (including phenoxy) is 1. The minimum atomic E-state index is -0.373. The molecule has 2 atom stereocenters. The predicted octanol–water partition coefficient (Wildman–Crippen LogP) is 1.07. The summed E-state index contributed by atoms with van der Waals surface area (Å²) in [5.74, 6) is 0.140. The fourth-order valence-corrected chi connectivity index (χ4v) is 2.54. The maximum atomic E-state index is 11.3. The largest absolute Gasteiger partial charge is 0.465 e. The zero-order chi connectivity index (χ0) is 13.8. The van der Waals surface area contributed by atoms with Gasteiger partial charge < -0.3 is 9.84 Å². The third-order valence-corrected chi connectivity index (χ3v) is 3.80. The molecular weight excluding hydrogens is 244 g/mol. The van der Waals surface area contributed by atoms with Crippen LogP contribution in [-0.2, 0) is 11.3 Å². The molecule has 2 rings (SSSR count). The lowest BCUT2D eigenvalue weighted by Gasteiger charge is -2.24. The Morgan fingerprint density at radius 1 is 1.58 bits per heavy atom. The van der Waals surface area contributed by atoms with E-state index in [2.05, 4.69) is 21.5 Å². The number of esters is 1. The van der Waals surface area contributed by atoms with Gasteiger partial charge in [0.05, 0.1) is 25.0 Å². The normalized spacial score (nSPS) is 23.5. The van der Waals surface area contributed by atoms with Crippen LogP contribution in [0, 0.1) is 5.92 Å². The standard InChI is InChI=1S/C14H20N2O3/c1-10-5-6-16(13(10)9-17)8-12-4-3-11(7-15-12)14(18)19-2/h3-4,7,10,13,17H,5-6,8-9H2,1-2H3. The quantitative estimate of drug-likeness (QED) is 0.824. The van der Waals surface area contributed by atoms with Gasteiger partial charge in [-0.2, -0.15) is 0 Å². The van der Waals surface area contributed by atoms with Crippen LogP contribution < -0.4 is 0 Å². The number of hydrogen-bond acceptors (Lipinski definition) is 5. The number of aliphatic hydroxyl groups is 1. The molecule has 1 N–H and O–H groups in total. The summed E-state index contributed by atoms with van der Waals surface area (Å²) in [6.45, 7) is 4.03. The third-order valence-electron chi connectivity index (χ3n) is 3.80. The number of carbonyl (C=O) groups excluding carboxylic acids is 1. The average molecular weight is 264 g/mol. The van der Waals surface area contributed by atoms with Gasteiger partial charge in [0.15, 0.2) is 0 Å². The number of pyridine rings is 1. The van der Waals surface area contributed by atoms with Crippen molar-refractivity contribution in [2.45, 2.75) is 25.9 Å². The zero-order valence-corrected chi connectivity index (χ0v) is 11.4. The van der Waals surface area contributed by atoms with Gasteiger partial charge in [-0.25, -0.2) is 4.79 Å². The topological polar surface area (TPSA) is 62.7 Å². The zero-order valence-electron chi connectivity index (χ0n) is 11.4. The smallest absolute Gasteiger partial charge is 0.339 e. The number of aromatic nitrogens is 1. The van der Waals surface area contributed by atoms with E-state index in [1.54, 1.807) is 6.07 Å². The summed E-state index contributed by atoms with van der Waals surface area (Å²) >= 11 is 0. The summed E-state index contributed by atoms with van der Waals surface area (Å²) in [6.07, 6.45) is 2.64. The first-order chi connectivity index (χ1) is 9.15. The van der Waals surface area contributed by atoms with Crippen molar-refractivity contribution in [2.24, 2.45) is 5.92 Å². The molecule has 0 bridgehead atoms. The molecule has 1 saturated heterocycles. The van der Waals surface area contributed by atoms with E-state index in [1.165, 1.54) is 13.3 Å². The Morgan fingerprint density at radius 2 is 2.37 bits per heavy atom. The Kier molecular flexibility index (Phi) is 4.50. The maximum absolute atomic E-state index is 11.3. The van der Waals surface area contributed by atoms with E-state index in [9.17, 15) is 9.90 Å². The fourth-order valence-electron chi connectivity index (χ4n) is 2.54. The van der Waals surface area contributed by atoms with Crippen LogP contribution in [0.2, 0.25) is 0 Å². The number of methoxy groups -OCH3 is 1. The van der Waals surface area contributed by atoms with Crippen molar-refractivity contribution in [1.82, 2.24) is 9.88 Å². The summed E-state index contributed by atoms with van der Waals surface area (Å²) < 4.78 is 4.64. The van der Waals surface area contributed by atoms with Crippen molar-refractivity contribution < 1.29 is 14.6 Å². The molecule has 1 aromatic heterocycles. The minimum Gasteiger partial charge on any atom is -0.465 e. The van der Waals surface area contributed by atoms with E-state index >= 15 is 0 Å². The highest BCUT2D eigenvalue weighted by molar-refractivity contribution is 5.88. The third kappa shape index (κ3) is 3.11. The van der Waals surface area contributed by atoms with Crippen molar-refractivity contribution in [2.75, 3.05) is 20.3 Å². The van der Waals surface area contributed by atoms with Gasteiger partial charge in [-0.15, -0.1) is 0 Å². The number of nitrogens with zero attached hydrogens (tertiary/aromatic N) is 2. The van der Waals surface area contributed by atoms with E-state index in [1.807, 2.05) is 6.07 Å². The molecule has 0 radical (unpaired) electrons. The van der Waals surface area contributed by atoms with Crippen LogP contribution in [0.3, 0.4) is 0 Å². The molecule has 1 fully saturated rings. The summed E-state index contributed by atoms with van der Waals surface area (Å²) in [7, 11) is 1.35. The SMILES string of the molecule is COC(=O)c1ccc(CN2CCC(C)C2CO)nc1. The maximum Gasteiger partial charge on any atom is 0.339 e. The van der Waals surface area contributed by atoms with Crippen molar-refractivity contribution in [3.05, 3.63) is 29.6 Å². The Bertz CT molecular complexity index is 433. The number of carbonyl (C=O) groups is 1. The van der Waals surface area contributed by atoms with E-state index < -0.39 is 0 Å². The first-order valence-corrected chi connectivity index (χ1v) is 6.54. The first-order valence-electron chi connectivity index (χ1n) is 6.54. The van der Waals surface area contributed by atoms with Crippen molar-refractivity contribution in [1.29, 1.82) is 0 Å². The lowest BCUT2D eigenvalue weighted by Crippen LogP contribution is -2.34. The van der Waals surface area contributed by atoms with Crippen LogP contribution in [-0.4, -0.2) is 47.3 Å². The molecule has 19 heavy (non-hydrogen) atoms. The molecule has 1 aromatic rings. The Labute approximate surface area is 113 Å². The van der Waals surface area contributed by atoms with Crippen LogP contribution in [0.1, 0.15) is 29.4 Å². The molecule has 1 aliphatic heterocycles. The van der Waals surface area contributed by atoms with E-state index in [-0.39, 0.29) is 18.6 Å². The Morgan fingerprint density at radius 3 is 2.95 bits per heavy atom. The molecule has 5 heteroatoms. The highest BCUT2D eigenvalue weighted by atomic mass is 16.5. The first kappa shape index (κ1) is 14.0. The van der Waals surface area contributed by atoms with Crippen LogP contribution in [0.4, 0.5) is 0 Å². The van der Waals surface area contributed by atoms with Gasteiger partial charge in [-0.1, -0.05) is 6.92 Å². The van der Waals surface area contributed by atoms with Gasteiger partial charge in [0, 0.05) is 18.8 Å². The van der Waals surface area contributed by atoms with Gasteiger partial charge >= 0.3 is 5.97 Å². The molecule has 2 unspecified atom stereocenters. The molecule has 0 amide bonds. The predicted molar refractivity (Wildman–Crippen MR) is 70.6 cm³/mol. The molecule has 0 aliphatic carbocycles. The van der Waals surface area contributed by atoms with Crippen molar-refractivity contribution >= 4 is 5.97 Å². The van der Waals surface area contributed by atoms with E-state index in [4.69, 9.17) is 0 Å². The summed E-state index contributed by atoms with van der Waals surface area (Å²) in [5.41, 5.74) is 1.36. The lowest BCUT2D eigenvalue weighted by atomic mass is 10.0. The van der Waals surface area contributed by atoms with Crippen molar-refractivity contribution in [3.8, 4) is 0 Å². The molecule has 0 aromatic carbocycles. The highest BCUT2D eigenvalue weighted by Crippen LogP contribution is 2.24. The lowest BCUT2D eigenvalue weighted by molar-refractivity contribution is 0.0600. The monoisotopic (exact) mass is 264 g/mol. The number of likely N-dealkylation sites (tertiary alicyclic amines) is 1. The van der Waals surface area contributed by atoms with Gasteiger partial charge in [0.1, 0.15) is 0 Å². The van der Waals surface area contributed by atoms with E-state index in [0.29, 0.717) is 18.0 Å². The molecular formula is C14H20N2O3. The van der Waals surface area contributed by atoms with Crippen molar-refractivity contribution in [3.63, 3.8) is 0 Å². The Hall–Kier alpha value is -1.46. The minimum absolute atomic E-state index is 0.182. The number of rotatable bonds is 4. The summed E-state index contributed by atoms with van der Waals surface area (Å²) in [6, 6.07) is 3.77. The fraction of sp³-hybridized carbons (Fsp3) is 0.571. The Balaban J connectivity index is 2.02. The van der Waals surface area contributed by atoms with Crippen LogP contribution in [0.15, 0.2) is 18.3 Å². The second-order valence-electron chi connectivity index (χ2n) is 5.02. The molecule has 2 heterocycles. The van der Waals surface area contributed by atoms with Gasteiger partial charge in [-0.3, -0.25) is 9.88 Å². The molecule has 5 nitrogen and oxygen atoms in total.